The Labute approximate surface area is 226 Å². The van der Waals surface area contributed by atoms with E-state index in [0.29, 0.717) is 17.1 Å². The molecule has 0 bridgehead atoms. The van der Waals surface area contributed by atoms with Gasteiger partial charge in [0.2, 0.25) is 0 Å². The largest absolute Gasteiger partial charge is 0.493 e. The van der Waals surface area contributed by atoms with E-state index < -0.39 is 0 Å². The monoisotopic (exact) mass is 506 g/mol. The molecule has 2 aromatic rings. The average Bonchev–Trinajstić information content (AvgIpc) is 2.93. The number of aryl methyl sites for hydroxylation is 1. The number of rotatable bonds is 21. The Hall–Kier alpha value is -2.55. The van der Waals surface area contributed by atoms with Crippen molar-refractivity contribution in [3.05, 3.63) is 65.2 Å². The number of ether oxygens (including phenoxy) is 2. The predicted molar refractivity (Wildman–Crippen MR) is 158 cm³/mol. The van der Waals surface area contributed by atoms with Crippen LogP contribution in [0.2, 0.25) is 0 Å². The number of unbranched alkanes of at least 4 members (excludes halogenated alkanes) is 14. The van der Waals surface area contributed by atoms with Gasteiger partial charge in [0.15, 0.2) is 17.3 Å². The second kappa shape index (κ2) is 19.5. The predicted octanol–water partition coefficient (Wildman–Crippen LogP) is 10.0. The van der Waals surface area contributed by atoms with E-state index in [1.807, 2.05) is 6.08 Å². The van der Waals surface area contributed by atoms with Crippen LogP contribution in [0.1, 0.15) is 125 Å². The minimum absolute atomic E-state index is 0.0994. The summed E-state index contributed by atoms with van der Waals surface area (Å²) in [5, 5.41) is 0. The van der Waals surface area contributed by atoms with Gasteiger partial charge < -0.3 is 9.47 Å². The zero-order valence-electron chi connectivity index (χ0n) is 23.7. The smallest absolute Gasteiger partial charge is 0.189 e. The number of allylic oxidation sites excluding steroid dienone is 1. The Morgan fingerprint density at radius 3 is 1.73 bits per heavy atom. The highest BCUT2D eigenvalue weighted by Gasteiger charge is 2.14. The van der Waals surface area contributed by atoms with Crippen molar-refractivity contribution < 1.29 is 14.3 Å². The van der Waals surface area contributed by atoms with Gasteiger partial charge in [-0.1, -0.05) is 133 Å². The van der Waals surface area contributed by atoms with Gasteiger partial charge in [-0.25, -0.2) is 0 Å². The molecule has 0 radical (unpaired) electrons. The van der Waals surface area contributed by atoms with Crippen molar-refractivity contribution in [3.63, 3.8) is 0 Å². The standard InChI is InChI=1S/C34H50O3/c1-4-5-6-7-8-9-10-11-12-13-14-15-16-17-18-20-29-23-25-30(26-24-29)27-28-32(35)31-21-19-22-33(36-2)34(31)37-3/h19,21-28H,4-18,20H2,1-3H3. The fourth-order valence-corrected chi connectivity index (χ4v) is 4.84. The fourth-order valence-electron chi connectivity index (χ4n) is 4.84. The van der Waals surface area contributed by atoms with Crippen molar-refractivity contribution in [1.82, 2.24) is 0 Å². The Kier molecular flexibility index (Phi) is 16.2. The first-order valence-electron chi connectivity index (χ1n) is 14.7. The van der Waals surface area contributed by atoms with E-state index in [1.54, 1.807) is 38.5 Å². The lowest BCUT2D eigenvalue weighted by Gasteiger charge is -2.10. The lowest BCUT2D eigenvalue weighted by molar-refractivity contribution is 0.104. The van der Waals surface area contributed by atoms with Gasteiger partial charge in [0, 0.05) is 0 Å². The van der Waals surface area contributed by atoms with Crippen molar-refractivity contribution in [2.45, 2.75) is 110 Å². The highest BCUT2D eigenvalue weighted by Crippen LogP contribution is 2.31. The van der Waals surface area contributed by atoms with Crippen molar-refractivity contribution in [2.24, 2.45) is 0 Å². The van der Waals surface area contributed by atoms with E-state index in [4.69, 9.17) is 9.47 Å². The summed E-state index contributed by atoms with van der Waals surface area (Å²) in [6.07, 6.45) is 25.5. The number of benzene rings is 2. The third-order valence-electron chi connectivity index (χ3n) is 7.14. The summed E-state index contributed by atoms with van der Waals surface area (Å²) in [6, 6.07) is 13.9. The second-order valence-corrected chi connectivity index (χ2v) is 10.2. The second-order valence-electron chi connectivity index (χ2n) is 10.2. The van der Waals surface area contributed by atoms with E-state index in [2.05, 4.69) is 31.2 Å². The maximum Gasteiger partial charge on any atom is 0.189 e. The van der Waals surface area contributed by atoms with Crippen LogP contribution in [-0.4, -0.2) is 20.0 Å². The van der Waals surface area contributed by atoms with E-state index >= 15 is 0 Å². The molecule has 3 nitrogen and oxygen atoms in total. The molecule has 37 heavy (non-hydrogen) atoms. The van der Waals surface area contributed by atoms with Crippen molar-refractivity contribution >= 4 is 11.9 Å². The number of ketones is 1. The third kappa shape index (κ3) is 12.5. The molecule has 0 aliphatic heterocycles. The molecule has 3 heteroatoms. The molecule has 0 saturated carbocycles. The molecule has 0 amide bonds. The van der Waals surface area contributed by atoms with Crippen molar-refractivity contribution in [3.8, 4) is 11.5 Å². The van der Waals surface area contributed by atoms with Gasteiger partial charge in [-0.3, -0.25) is 4.79 Å². The van der Waals surface area contributed by atoms with Gasteiger partial charge in [-0.2, -0.15) is 0 Å². The fraction of sp³-hybridized carbons (Fsp3) is 0.559. The molecule has 0 atom stereocenters. The zero-order chi connectivity index (χ0) is 26.6. The van der Waals surface area contributed by atoms with Crippen LogP contribution in [0.25, 0.3) is 6.08 Å². The first kappa shape index (κ1) is 30.7. The average molecular weight is 507 g/mol. The highest BCUT2D eigenvalue weighted by atomic mass is 16.5. The minimum atomic E-state index is -0.0994. The van der Waals surface area contributed by atoms with E-state index in [9.17, 15) is 4.79 Å². The maximum absolute atomic E-state index is 12.7. The topological polar surface area (TPSA) is 35.5 Å². The molecule has 0 aliphatic rings. The van der Waals surface area contributed by atoms with E-state index in [-0.39, 0.29) is 5.78 Å². The molecule has 0 spiro atoms. The Morgan fingerprint density at radius 2 is 1.22 bits per heavy atom. The minimum Gasteiger partial charge on any atom is -0.493 e. The summed E-state index contributed by atoms with van der Waals surface area (Å²) < 4.78 is 10.7. The molecule has 204 valence electrons. The first-order chi connectivity index (χ1) is 18.2. The molecular weight excluding hydrogens is 456 g/mol. The number of para-hydroxylation sites is 1. The molecule has 0 N–H and O–H groups in total. The van der Waals surface area contributed by atoms with Crippen LogP contribution in [0, 0.1) is 0 Å². The number of hydrogen-bond donors (Lipinski definition) is 0. The van der Waals surface area contributed by atoms with Crippen LogP contribution in [-0.2, 0) is 6.42 Å². The number of carbonyl (C=O) groups is 1. The lowest BCUT2D eigenvalue weighted by Crippen LogP contribution is -2.01. The summed E-state index contributed by atoms with van der Waals surface area (Å²) in [5.41, 5.74) is 2.89. The third-order valence-corrected chi connectivity index (χ3v) is 7.14. The molecule has 0 saturated heterocycles. The lowest BCUT2D eigenvalue weighted by atomic mass is 10.0. The summed E-state index contributed by atoms with van der Waals surface area (Å²) in [7, 11) is 3.12. The van der Waals surface area contributed by atoms with Gasteiger partial charge in [-0.15, -0.1) is 0 Å². The van der Waals surface area contributed by atoms with Gasteiger partial charge in [0.25, 0.3) is 0 Å². The van der Waals surface area contributed by atoms with Crippen LogP contribution >= 0.6 is 0 Å². The number of hydrogen-bond acceptors (Lipinski definition) is 3. The number of carbonyl (C=O) groups excluding carboxylic acids is 1. The molecular formula is C34H50O3. The van der Waals surface area contributed by atoms with E-state index in [1.165, 1.54) is 102 Å². The van der Waals surface area contributed by atoms with Crippen LogP contribution in [0.15, 0.2) is 48.5 Å². The van der Waals surface area contributed by atoms with Gasteiger partial charge in [0.05, 0.1) is 19.8 Å². The summed E-state index contributed by atoms with van der Waals surface area (Å²) in [4.78, 5) is 12.7. The number of methoxy groups -OCH3 is 2. The molecule has 0 fully saturated rings. The zero-order valence-corrected chi connectivity index (χ0v) is 23.7. The molecule has 2 aromatic carbocycles. The van der Waals surface area contributed by atoms with Crippen LogP contribution < -0.4 is 9.47 Å². The highest BCUT2D eigenvalue weighted by molar-refractivity contribution is 6.09. The molecule has 0 aliphatic carbocycles. The van der Waals surface area contributed by atoms with Crippen LogP contribution in [0.5, 0.6) is 11.5 Å². The van der Waals surface area contributed by atoms with Gasteiger partial charge in [0.1, 0.15) is 0 Å². The normalized spacial score (nSPS) is 11.2. The maximum atomic E-state index is 12.7. The SMILES string of the molecule is CCCCCCCCCCCCCCCCCc1ccc(C=CC(=O)c2cccc(OC)c2OC)cc1. The molecule has 0 heterocycles. The quantitative estimate of drug-likeness (QED) is 0.0959. The summed E-state index contributed by atoms with van der Waals surface area (Å²) in [6.45, 7) is 2.29. The Morgan fingerprint density at radius 1 is 0.676 bits per heavy atom. The van der Waals surface area contributed by atoms with Crippen molar-refractivity contribution in [2.75, 3.05) is 14.2 Å². The van der Waals surface area contributed by atoms with Gasteiger partial charge >= 0.3 is 0 Å². The first-order valence-corrected chi connectivity index (χ1v) is 14.7. The molecule has 2 rings (SSSR count). The van der Waals surface area contributed by atoms with Crippen LogP contribution in [0.3, 0.4) is 0 Å². The Bertz CT molecular complexity index is 898. The summed E-state index contributed by atoms with van der Waals surface area (Å²) >= 11 is 0. The van der Waals surface area contributed by atoms with Crippen LogP contribution in [0.4, 0.5) is 0 Å². The summed E-state index contributed by atoms with van der Waals surface area (Å²) in [5.74, 6) is 0.932. The Balaban J connectivity index is 1.56. The molecule has 0 unspecified atom stereocenters. The molecule has 0 aromatic heterocycles. The van der Waals surface area contributed by atoms with Gasteiger partial charge in [-0.05, 0) is 42.2 Å². The van der Waals surface area contributed by atoms with Crippen molar-refractivity contribution in [1.29, 1.82) is 0 Å². The van der Waals surface area contributed by atoms with E-state index in [0.717, 1.165) is 12.0 Å².